The van der Waals surface area contributed by atoms with E-state index in [0.29, 0.717) is 6.21 Å². The van der Waals surface area contributed by atoms with Crippen molar-refractivity contribution in [1.29, 1.82) is 0 Å². The van der Waals surface area contributed by atoms with Crippen LogP contribution in [0.4, 0.5) is 0 Å². The molecule has 60 valence electrons. The maximum Gasteiger partial charge on any atom is 0.332 e. The first kappa shape index (κ1) is 9.32. The fourth-order valence-corrected chi connectivity index (χ4v) is 0.317. The van der Waals surface area contributed by atoms with E-state index in [2.05, 4.69) is 4.79 Å². The summed E-state index contributed by atoms with van der Waals surface area (Å²) in [6.07, 6.45) is 0.442. The Labute approximate surface area is 61.7 Å². The molecule has 0 heterocycles. The Hall–Kier alpha value is -1.68. The van der Waals surface area contributed by atoms with E-state index < -0.39 is 17.4 Å². The fraction of sp³-hybridized carbons (Fsp3) is 0.400. The van der Waals surface area contributed by atoms with Gasteiger partial charge in [-0.25, -0.2) is 0 Å². The van der Waals surface area contributed by atoms with Gasteiger partial charge < -0.3 is 15.7 Å². The summed E-state index contributed by atoms with van der Waals surface area (Å²) in [6, 6.07) is 0. The number of hydrogen-bond acceptors (Lipinski definition) is 2. The number of carbonyl (C=O) groups is 2. The average Bonchev–Trinajstić information content (AvgIpc) is 1.87. The lowest BCUT2D eigenvalue weighted by molar-refractivity contribution is -0.159. The first-order valence-corrected chi connectivity index (χ1v) is 2.60. The smallest absolute Gasteiger partial charge is 0.332 e. The third-order valence-electron chi connectivity index (χ3n) is 1.20. The first-order valence-electron chi connectivity index (χ1n) is 2.60. The van der Waals surface area contributed by atoms with Crippen molar-refractivity contribution < 1.29 is 24.6 Å². The predicted octanol–water partition coefficient (Wildman–Crippen LogP) is -0.538. The van der Waals surface area contributed by atoms with Gasteiger partial charge in [-0.3, -0.25) is 9.59 Å². The van der Waals surface area contributed by atoms with E-state index in [0.717, 1.165) is 6.92 Å². The fourth-order valence-electron chi connectivity index (χ4n) is 0.317. The van der Waals surface area contributed by atoms with Crippen LogP contribution in [0.25, 0.3) is 5.53 Å². The van der Waals surface area contributed by atoms with Crippen LogP contribution in [0.1, 0.15) is 6.92 Å². The maximum atomic E-state index is 10.3. The highest BCUT2D eigenvalue weighted by atomic mass is 16.4. The van der Waals surface area contributed by atoms with E-state index >= 15 is 0 Å². The number of hydrogen-bond donors (Lipinski definition) is 2. The zero-order valence-corrected chi connectivity index (χ0v) is 5.68. The zero-order chi connectivity index (χ0) is 9.07. The molecule has 0 spiro atoms. The van der Waals surface area contributed by atoms with Crippen LogP contribution < -0.4 is 0 Å². The second-order valence-electron chi connectivity index (χ2n) is 2.06. The summed E-state index contributed by atoms with van der Waals surface area (Å²) in [5.41, 5.74) is 5.78. The molecule has 0 fully saturated rings. The molecule has 0 aliphatic carbocycles. The van der Waals surface area contributed by atoms with Crippen LogP contribution in [-0.2, 0) is 9.59 Å². The summed E-state index contributed by atoms with van der Waals surface area (Å²) < 4.78 is 0. The van der Waals surface area contributed by atoms with E-state index in [1.54, 1.807) is 0 Å². The van der Waals surface area contributed by atoms with Gasteiger partial charge in [0.15, 0.2) is 0 Å². The molecule has 0 radical (unpaired) electrons. The molecule has 0 aromatic rings. The van der Waals surface area contributed by atoms with Crippen LogP contribution in [0.3, 0.4) is 0 Å². The second-order valence-corrected chi connectivity index (χ2v) is 2.06. The molecular formula is C5H6N2O4. The molecule has 0 bridgehead atoms. The number of rotatable bonds is 3. The Morgan fingerprint density at radius 2 is 1.82 bits per heavy atom. The molecule has 0 aromatic heterocycles. The molecule has 0 saturated heterocycles. The summed E-state index contributed by atoms with van der Waals surface area (Å²) in [7, 11) is 0. The van der Waals surface area contributed by atoms with Crippen molar-refractivity contribution in [3.63, 3.8) is 0 Å². The van der Waals surface area contributed by atoms with Crippen LogP contribution in [-0.4, -0.2) is 33.2 Å². The summed E-state index contributed by atoms with van der Waals surface area (Å²) in [5, 5.41) is 16.7. The van der Waals surface area contributed by atoms with Crippen molar-refractivity contribution in [2.24, 2.45) is 5.41 Å². The summed E-state index contributed by atoms with van der Waals surface area (Å²) in [6.45, 7) is 0.914. The summed E-state index contributed by atoms with van der Waals surface area (Å²) in [4.78, 5) is 22.9. The highest BCUT2D eigenvalue weighted by Gasteiger charge is 2.44. The van der Waals surface area contributed by atoms with Gasteiger partial charge in [0.2, 0.25) is 0 Å². The van der Waals surface area contributed by atoms with E-state index in [1.165, 1.54) is 0 Å². The number of carboxylic acid groups (broad SMARTS) is 2. The normalized spacial score (nSPS) is 9.91. The lowest BCUT2D eigenvalue weighted by Gasteiger charge is -2.07. The number of aliphatic carboxylic acids is 2. The third kappa shape index (κ3) is 1.62. The van der Waals surface area contributed by atoms with Gasteiger partial charge in [-0.1, -0.05) is 0 Å². The van der Waals surface area contributed by atoms with E-state index in [-0.39, 0.29) is 0 Å². The van der Waals surface area contributed by atoms with Gasteiger partial charge in [0.1, 0.15) is 0 Å². The van der Waals surface area contributed by atoms with Gasteiger partial charge in [0.05, 0.1) is 0 Å². The average molecular weight is 158 g/mol. The van der Waals surface area contributed by atoms with Crippen molar-refractivity contribution >= 4 is 18.2 Å². The SMILES string of the molecule is CC(C=[N+]=[N-])(C(=O)O)C(=O)O. The minimum absolute atomic E-state index is 0.442. The van der Waals surface area contributed by atoms with E-state index in [1.807, 2.05) is 0 Å². The van der Waals surface area contributed by atoms with Crippen LogP contribution in [0.2, 0.25) is 0 Å². The highest BCUT2D eigenvalue weighted by Crippen LogP contribution is 2.12. The molecule has 11 heavy (non-hydrogen) atoms. The standard InChI is InChI=1S/C5H6N2O4/c1-5(2-7-6,3(8)9)4(10)11/h2H,1H3,(H,8,9)(H,10,11). The Morgan fingerprint density at radius 3 is 1.91 bits per heavy atom. The Morgan fingerprint density at radius 1 is 1.45 bits per heavy atom. The van der Waals surface area contributed by atoms with Crippen molar-refractivity contribution in [3.8, 4) is 0 Å². The molecule has 0 saturated carbocycles. The van der Waals surface area contributed by atoms with E-state index in [9.17, 15) is 9.59 Å². The molecule has 0 aromatic carbocycles. The van der Waals surface area contributed by atoms with Crippen LogP contribution >= 0.6 is 0 Å². The van der Waals surface area contributed by atoms with Gasteiger partial charge >= 0.3 is 11.9 Å². The lowest BCUT2D eigenvalue weighted by atomic mass is 9.93. The number of nitrogens with zero attached hydrogens (tertiary/aromatic N) is 2. The second kappa shape index (κ2) is 2.94. The van der Waals surface area contributed by atoms with Crippen molar-refractivity contribution in [2.45, 2.75) is 6.92 Å². The minimum atomic E-state index is -2.16. The van der Waals surface area contributed by atoms with Crippen LogP contribution in [0.5, 0.6) is 0 Å². The van der Waals surface area contributed by atoms with Crippen molar-refractivity contribution in [1.82, 2.24) is 0 Å². The topological polar surface area (TPSA) is 111 Å². The molecule has 2 N–H and O–H groups in total. The highest BCUT2D eigenvalue weighted by molar-refractivity contribution is 6.11. The monoisotopic (exact) mass is 158 g/mol. The summed E-state index contributed by atoms with van der Waals surface area (Å²) >= 11 is 0. The van der Waals surface area contributed by atoms with Gasteiger partial charge in [0.25, 0.3) is 11.6 Å². The van der Waals surface area contributed by atoms with Gasteiger partial charge in [0, 0.05) is 0 Å². The number of carboxylic acids is 2. The van der Waals surface area contributed by atoms with Crippen LogP contribution in [0, 0.1) is 5.41 Å². The lowest BCUT2D eigenvalue weighted by Crippen LogP contribution is -2.38. The third-order valence-corrected chi connectivity index (χ3v) is 1.20. The molecule has 0 aliphatic rings. The van der Waals surface area contributed by atoms with Crippen molar-refractivity contribution in [3.05, 3.63) is 5.53 Å². The van der Waals surface area contributed by atoms with Crippen molar-refractivity contribution in [2.75, 3.05) is 0 Å². The molecule has 0 rings (SSSR count). The van der Waals surface area contributed by atoms with Crippen LogP contribution in [0.15, 0.2) is 0 Å². The Bertz CT molecular complexity index is 221. The molecule has 0 amide bonds. The van der Waals surface area contributed by atoms with Gasteiger partial charge in [-0.15, -0.1) is 0 Å². The quantitative estimate of drug-likeness (QED) is 0.248. The maximum absolute atomic E-state index is 10.3. The summed E-state index contributed by atoms with van der Waals surface area (Å²) in [5.74, 6) is -3.16. The van der Waals surface area contributed by atoms with E-state index in [4.69, 9.17) is 15.7 Å². The Balaban J connectivity index is 4.97. The zero-order valence-electron chi connectivity index (χ0n) is 5.68. The Kier molecular flexibility index (Phi) is 2.49. The minimum Gasteiger partial charge on any atom is -0.480 e. The molecule has 6 nitrogen and oxygen atoms in total. The molecular weight excluding hydrogens is 152 g/mol. The molecule has 0 atom stereocenters. The first-order chi connectivity index (χ1) is 4.95. The molecule has 0 aliphatic heterocycles. The van der Waals surface area contributed by atoms with Gasteiger partial charge in [-0.2, -0.15) is 4.79 Å². The largest absolute Gasteiger partial charge is 0.480 e. The molecule has 0 unspecified atom stereocenters. The van der Waals surface area contributed by atoms with Gasteiger partial charge in [-0.05, 0) is 6.92 Å². The predicted molar refractivity (Wildman–Crippen MR) is 33.1 cm³/mol. The molecule has 6 heteroatoms.